The first-order valence-electron chi connectivity index (χ1n) is 10.1. The van der Waals surface area contributed by atoms with E-state index in [4.69, 9.17) is 5.41 Å². The first-order valence-corrected chi connectivity index (χ1v) is 10.9. The summed E-state index contributed by atoms with van der Waals surface area (Å²) >= 11 is 1.35. The van der Waals surface area contributed by atoms with Crippen molar-refractivity contribution in [3.63, 3.8) is 0 Å². The molecule has 4 rings (SSSR count). The van der Waals surface area contributed by atoms with Crippen LogP contribution in [0.25, 0.3) is 11.8 Å². The highest BCUT2D eigenvalue weighted by molar-refractivity contribution is 8.26. The van der Waals surface area contributed by atoms with Crippen molar-refractivity contribution < 1.29 is 4.79 Å². The molecule has 0 atom stereocenters. The van der Waals surface area contributed by atoms with Gasteiger partial charge in [0.2, 0.25) is 5.17 Å². The predicted octanol–water partition coefficient (Wildman–Crippen LogP) is 5.25. The molecule has 0 radical (unpaired) electrons. The van der Waals surface area contributed by atoms with Crippen LogP contribution in [0.2, 0.25) is 0 Å². The highest BCUT2D eigenvalue weighted by Gasteiger charge is 2.35. The van der Waals surface area contributed by atoms with Crippen molar-refractivity contribution in [1.82, 2.24) is 9.58 Å². The molecule has 0 saturated carbocycles. The summed E-state index contributed by atoms with van der Waals surface area (Å²) in [6.45, 7) is 10.4. The molecule has 1 amide bonds. The Balaban J connectivity index is 1.72. The number of nitrogens with one attached hydrogen (secondary N) is 1. The maximum absolute atomic E-state index is 12.6. The monoisotopic (exact) mass is 419 g/mol. The molecule has 30 heavy (non-hydrogen) atoms. The summed E-state index contributed by atoms with van der Waals surface area (Å²) in [4.78, 5) is 16.8. The fourth-order valence-corrected chi connectivity index (χ4v) is 4.49. The first kappa shape index (κ1) is 20.3. The Morgan fingerprint density at radius 1 is 1.20 bits per heavy atom. The van der Waals surface area contributed by atoms with Crippen LogP contribution < -0.4 is 0 Å². The lowest BCUT2D eigenvalue weighted by Crippen LogP contribution is -2.35. The Labute approximate surface area is 180 Å². The number of benzene rings is 1. The van der Waals surface area contributed by atoms with Gasteiger partial charge in [-0.2, -0.15) is 15.1 Å². The summed E-state index contributed by atoms with van der Waals surface area (Å²) in [7, 11) is 0. The molecule has 7 heteroatoms. The highest BCUT2D eigenvalue weighted by Crippen LogP contribution is 2.30. The van der Waals surface area contributed by atoms with Crippen LogP contribution in [0, 0.1) is 19.3 Å². The molecular weight excluding hydrogens is 394 g/mol. The molecule has 0 aliphatic carbocycles. The summed E-state index contributed by atoms with van der Waals surface area (Å²) in [5, 5.41) is 15.7. The van der Waals surface area contributed by atoms with Gasteiger partial charge in [-0.3, -0.25) is 10.2 Å². The SMILES string of the molecule is CCC1=NN2C(=N)/C(=C\c3cc(C)n(-c4ccc(C(C)C)cc4)c3C)C(=O)N=C2S1. The Morgan fingerprint density at radius 2 is 1.90 bits per heavy atom. The summed E-state index contributed by atoms with van der Waals surface area (Å²) in [5.74, 6) is 0.170. The number of fused-ring (bicyclic) bond motifs is 1. The Morgan fingerprint density at radius 3 is 2.53 bits per heavy atom. The van der Waals surface area contributed by atoms with Gasteiger partial charge < -0.3 is 4.57 Å². The van der Waals surface area contributed by atoms with E-state index in [-0.39, 0.29) is 11.4 Å². The molecular formula is C23H25N5OS. The van der Waals surface area contributed by atoms with E-state index in [1.54, 1.807) is 6.08 Å². The van der Waals surface area contributed by atoms with Crippen LogP contribution in [-0.4, -0.2) is 31.5 Å². The molecule has 1 aromatic carbocycles. The minimum Gasteiger partial charge on any atom is -0.318 e. The molecule has 3 heterocycles. The second kappa shape index (κ2) is 7.72. The standard InChI is InChI=1S/C23H25N5OS/c1-6-20-26-28-21(24)19(22(29)25-23(28)30-20)12-17-11-14(4)27(15(17)5)18-9-7-16(8-10-18)13(2)3/h7-13,24H,6H2,1-5H3/b19-12+,24-21?. The molecule has 0 spiro atoms. The Kier molecular flexibility index (Phi) is 5.24. The fourth-order valence-electron chi connectivity index (χ4n) is 3.67. The normalized spacial score (nSPS) is 17.7. The van der Waals surface area contributed by atoms with Gasteiger partial charge in [0.05, 0.1) is 5.57 Å². The summed E-state index contributed by atoms with van der Waals surface area (Å²) in [6.07, 6.45) is 2.51. The minimum absolute atomic E-state index is 0.0760. The van der Waals surface area contributed by atoms with Gasteiger partial charge in [0.25, 0.3) is 5.91 Å². The quantitative estimate of drug-likeness (QED) is 0.688. The lowest BCUT2D eigenvalue weighted by Gasteiger charge is -2.20. The van der Waals surface area contributed by atoms with Crippen molar-refractivity contribution in [3.8, 4) is 5.69 Å². The number of aryl methyl sites for hydroxylation is 1. The molecule has 1 N–H and O–H groups in total. The summed E-state index contributed by atoms with van der Waals surface area (Å²) in [5.41, 5.74) is 5.63. The third-order valence-electron chi connectivity index (χ3n) is 5.39. The molecule has 0 bridgehead atoms. The van der Waals surface area contributed by atoms with Crippen LogP contribution in [0.5, 0.6) is 0 Å². The molecule has 2 aliphatic rings. The number of carbonyl (C=O) groups excluding carboxylic acids is 1. The van der Waals surface area contributed by atoms with Gasteiger partial charge in [-0.05, 0) is 73.4 Å². The molecule has 1 aromatic heterocycles. The average Bonchev–Trinajstić information content (AvgIpc) is 3.25. The molecule has 154 valence electrons. The van der Waals surface area contributed by atoms with Crippen LogP contribution in [0.4, 0.5) is 0 Å². The zero-order valence-electron chi connectivity index (χ0n) is 17.9. The van der Waals surface area contributed by atoms with Crippen LogP contribution in [0.3, 0.4) is 0 Å². The van der Waals surface area contributed by atoms with Gasteiger partial charge in [-0.1, -0.05) is 32.9 Å². The number of thioether (sulfide) groups is 1. The number of hydrogen-bond donors (Lipinski definition) is 1. The van der Waals surface area contributed by atoms with E-state index >= 15 is 0 Å². The third-order valence-corrected chi connectivity index (χ3v) is 6.44. The van der Waals surface area contributed by atoms with E-state index < -0.39 is 5.91 Å². The van der Waals surface area contributed by atoms with Crippen molar-refractivity contribution in [1.29, 1.82) is 5.41 Å². The van der Waals surface area contributed by atoms with Gasteiger partial charge >= 0.3 is 0 Å². The molecule has 2 aliphatic heterocycles. The number of amides is 1. The zero-order valence-corrected chi connectivity index (χ0v) is 18.7. The molecule has 0 fully saturated rings. The number of nitrogens with zero attached hydrogens (tertiary/aromatic N) is 4. The van der Waals surface area contributed by atoms with Crippen molar-refractivity contribution in [2.75, 3.05) is 0 Å². The third kappa shape index (κ3) is 3.43. The van der Waals surface area contributed by atoms with E-state index in [9.17, 15) is 4.79 Å². The molecule has 6 nitrogen and oxygen atoms in total. The second-order valence-electron chi connectivity index (χ2n) is 7.78. The summed E-state index contributed by atoms with van der Waals surface area (Å²) in [6, 6.07) is 10.6. The second-order valence-corrected chi connectivity index (χ2v) is 8.82. The number of rotatable bonds is 4. The van der Waals surface area contributed by atoms with Gasteiger partial charge in [0.1, 0.15) is 5.04 Å². The topological polar surface area (TPSA) is 73.8 Å². The number of amidine groups is 2. The van der Waals surface area contributed by atoms with Crippen molar-refractivity contribution >= 4 is 39.8 Å². The smallest absolute Gasteiger partial charge is 0.283 e. The van der Waals surface area contributed by atoms with E-state index in [1.165, 1.54) is 22.3 Å². The number of hydrazone groups is 1. The minimum atomic E-state index is -0.391. The highest BCUT2D eigenvalue weighted by atomic mass is 32.2. The molecule has 0 unspecified atom stereocenters. The number of aromatic nitrogens is 1. The van der Waals surface area contributed by atoms with Crippen LogP contribution in [0.15, 0.2) is 46.0 Å². The Hall–Kier alpha value is -2.93. The average molecular weight is 420 g/mol. The lowest BCUT2D eigenvalue weighted by molar-refractivity contribution is -0.114. The maximum atomic E-state index is 12.6. The maximum Gasteiger partial charge on any atom is 0.283 e. The molecule has 0 saturated heterocycles. The molecule has 2 aromatic rings. The lowest BCUT2D eigenvalue weighted by atomic mass is 10.0. The van der Waals surface area contributed by atoms with Crippen LogP contribution in [0.1, 0.15) is 55.6 Å². The van der Waals surface area contributed by atoms with Crippen molar-refractivity contribution in [2.24, 2.45) is 10.1 Å². The van der Waals surface area contributed by atoms with Crippen LogP contribution >= 0.6 is 11.8 Å². The largest absolute Gasteiger partial charge is 0.318 e. The Bertz CT molecular complexity index is 1140. The van der Waals surface area contributed by atoms with Crippen LogP contribution in [-0.2, 0) is 4.79 Å². The van der Waals surface area contributed by atoms with E-state index in [1.807, 2.05) is 26.8 Å². The van der Waals surface area contributed by atoms with E-state index in [0.717, 1.165) is 34.1 Å². The van der Waals surface area contributed by atoms with Crippen molar-refractivity contribution in [2.45, 2.75) is 47.0 Å². The van der Waals surface area contributed by atoms with E-state index in [2.05, 4.69) is 52.8 Å². The van der Waals surface area contributed by atoms with Crippen molar-refractivity contribution in [3.05, 3.63) is 58.4 Å². The fraction of sp³-hybridized carbons (Fsp3) is 0.304. The number of carbonyl (C=O) groups is 1. The predicted molar refractivity (Wildman–Crippen MR) is 125 cm³/mol. The number of hydrogen-bond acceptors (Lipinski definition) is 4. The van der Waals surface area contributed by atoms with Gasteiger partial charge in [0.15, 0.2) is 5.84 Å². The first-order chi connectivity index (χ1) is 14.3. The van der Waals surface area contributed by atoms with E-state index in [0.29, 0.717) is 11.1 Å². The van der Waals surface area contributed by atoms with Gasteiger partial charge in [0, 0.05) is 17.1 Å². The van der Waals surface area contributed by atoms with Gasteiger partial charge in [-0.25, -0.2) is 0 Å². The van der Waals surface area contributed by atoms with Gasteiger partial charge in [-0.15, -0.1) is 0 Å². The zero-order chi connectivity index (χ0) is 21.6. The number of aliphatic imine (C=N–C) groups is 1. The summed E-state index contributed by atoms with van der Waals surface area (Å²) < 4.78 is 2.17.